The van der Waals surface area contributed by atoms with Gasteiger partial charge in [-0.2, -0.15) is 0 Å². The lowest BCUT2D eigenvalue weighted by Gasteiger charge is -2.33. The van der Waals surface area contributed by atoms with Crippen molar-refractivity contribution in [3.05, 3.63) is 40.4 Å². The zero-order chi connectivity index (χ0) is 16.2. The van der Waals surface area contributed by atoms with Gasteiger partial charge in [-0.3, -0.25) is 4.79 Å². The maximum atomic E-state index is 12.2. The second-order valence-electron chi connectivity index (χ2n) is 5.29. The average Bonchev–Trinajstić information content (AvgIpc) is 2.40. The van der Waals surface area contributed by atoms with E-state index in [1.165, 1.54) is 24.8 Å². The van der Waals surface area contributed by atoms with Crippen LogP contribution in [0.5, 0.6) is 0 Å². The first-order chi connectivity index (χ1) is 9.70. The molecule has 5 heteroatoms. The molecule has 0 spiro atoms. The molecule has 1 aromatic rings. The monoisotopic (exact) mass is 309 g/mol. The molecular formula is C16H20ClNO3. The summed E-state index contributed by atoms with van der Waals surface area (Å²) in [6.07, 6.45) is 3.00. The van der Waals surface area contributed by atoms with Gasteiger partial charge >= 0.3 is 5.97 Å². The summed E-state index contributed by atoms with van der Waals surface area (Å²) in [7, 11) is 0. The molecule has 0 heterocycles. The third kappa shape index (κ3) is 4.08. The Hall–Kier alpha value is -1.81. The van der Waals surface area contributed by atoms with Gasteiger partial charge in [-0.25, -0.2) is 4.79 Å². The topological polar surface area (TPSA) is 57.6 Å². The molecule has 4 nitrogen and oxygen atoms in total. The molecule has 0 aliphatic rings. The summed E-state index contributed by atoms with van der Waals surface area (Å²) in [6.45, 7) is 6.98. The molecule has 0 radical (unpaired) electrons. The highest BCUT2D eigenvalue weighted by molar-refractivity contribution is 6.31. The Bertz CT molecular complexity index is 579. The van der Waals surface area contributed by atoms with Gasteiger partial charge < -0.3 is 10.0 Å². The van der Waals surface area contributed by atoms with Crippen molar-refractivity contribution >= 4 is 29.6 Å². The normalized spacial score (nSPS) is 11.7. The van der Waals surface area contributed by atoms with Crippen LogP contribution in [0.15, 0.2) is 24.3 Å². The molecule has 114 valence electrons. The van der Waals surface area contributed by atoms with Crippen molar-refractivity contribution in [2.45, 2.75) is 33.2 Å². The van der Waals surface area contributed by atoms with Gasteiger partial charge in [0.2, 0.25) is 5.91 Å². The predicted molar refractivity (Wildman–Crippen MR) is 84.3 cm³/mol. The van der Waals surface area contributed by atoms with E-state index in [4.69, 9.17) is 11.6 Å². The minimum Gasteiger partial charge on any atom is -0.480 e. The van der Waals surface area contributed by atoms with Crippen LogP contribution in [0.4, 0.5) is 0 Å². The fourth-order valence-electron chi connectivity index (χ4n) is 1.91. The van der Waals surface area contributed by atoms with Crippen LogP contribution >= 0.6 is 11.6 Å². The van der Waals surface area contributed by atoms with Crippen LogP contribution in [0.2, 0.25) is 5.02 Å². The number of hydrogen-bond acceptors (Lipinski definition) is 2. The molecular weight excluding hydrogens is 290 g/mol. The van der Waals surface area contributed by atoms with E-state index in [9.17, 15) is 14.7 Å². The van der Waals surface area contributed by atoms with Gasteiger partial charge in [0.05, 0.1) is 0 Å². The van der Waals surface area contributed by atoms with Crippen LogP contribution < -0.4 is 0 Å². The highest BCUT2D eigenvalue weighted by Crippen LogP contribution is 2.19. The predicted octanol–water partition coefficient (Wildman–Crippen LogP) is 3.37. The third-order valence-corrected chi connectivity index (χ3v) is 3.80. The van der Waals surface area contributed by atoms with E-state index in [2.05, 4.69) is 0 Å². The number of hydrogen-bond donors (Lipinski definition) is 1. The highest BCUT2D eigenvalue weighted by atomic mass is 35.5. The van der Waals surface area contributed by atoms with Crippen molar-refractivity contribution in [3.8, 4) is 0 Å². The second kappa shape index (κ2) is 6.76. The number of halogens is 1. The van der Waals surface area contributed by atoms with Gasteiger partial charge in [-0.15, -0.1) is 0 Å². The Labute approximate surface area is 130 Å². The van der Waals surface area contributed by atoms with Crippen molar-refractivity contribution < 1.29 is 14.7 Å². The fraction of sp³-hybridized carbons (Fsp3) is 0.375. The Morgan fingerprint density at radius 1 is 1.38 bits per heavy atom. The van der Waals surface area contributed by atoms with Gasteiger partial charge in [-0.05, 0) is 51.0 Å². The molecule has 0 aliphatic heterocycles. The largest absolute Gasteiger partial charge is 0.480 e. The molecule has 0 atom stereocenters. The summed E-state index contributed by atoms with van der Waals surface area (Å²) in [4.78, 5) is 24.7. The summed E-state index contributed by atoms with van der Waals surface area (Å²) in [5.74, 6) is -1.38. The average molecular weight is 310 g/mol. The highest BCUT2D eigenvalue weighted by Gasteiger charge is 2.35. The Balaban J connectivity index is 2.94. The number of aliphatic carboxylic acids is 1. The zero-order valence-electron chi connectivity index (χ0n) is 12.7. The van der Waals surface area contributed by atoms with Gasteiger partial charge in [0, 0.05) is 17.6 Å². The van der Waals surface area contributed by atoms with Crippen molar-refractivity contribution in [3.63, 3.8) is 0 Å². The molecule has 0 aliphatic carbocycles. The Morgan fingerprint density at radius 3 is 2.48 bits per heavy atom. The summed E-state index contributed by atoms with van der Waals surface area (Å²) in [6, 6.07) is 5.48. The van der Waals surface area contributed by atoms with E-state index in [0.717, 1.165) is 11.1 Å². The molecule has 1 N–H and O–H groups in total. The number of benzene rings is 1. The smallest absolute Gasteiger partial charge is 0.329 e. The molecule has 1 aromatic carbocycles. The molecule has 0 saturated carbocycles. The number of carboxylic acids is 1. The lowest BCUT2D eigenvalue weighted by molar-refractivity contribution is -0.154. The van der Waals surface area contributed by atoms with E-state index in [0.29, 0.717) is 11.6 Å². The van der Waals surface area contributed by atoms with Gasteiger partial charge in [0.1, 0.15) is 5.54 Å². The number of rotatable bonds is 5. The first-order valence-corrected chi connectivity index (χ1v) is 7.07. The molecule has 0 bridgehead atoms. The molecule has 0 aromatic heterocycles. The number of nitrogens with zero attached hydrogens (tertiary/aromatic N) is 1. The molecule has 21 heavy (non-hydrogen) atoms. The number of likely N-dealkylation sites (N-methyl/N-ethyl adjacent to an activating group) is 1. The second-order valence-corrected chi connectivity index (χ2v) is 5.70. The summed E-state index contributed by atoms with van der Waals surface area (Å²) in [5.41, 5.74) is 0.506. The number of carbonyl (C=O) groups excluding carboxylic acids is 1. The third-order valence-electron chi connectivity index (χ3n) is 3.39. The minimum atomic E-state index is -1.25. The van der Waals surface area contributed by atoms with Crippen molar-refractivity contribution in [2.24, 2.45) is 0 Å². The summed E-state index contributed by atoms with van der Waals surface area (Å²) in [5, 5.41) is 9.84. The lowest BCUT2D eigenvalue weighted by atomic mass is 10.0. The molecule has 0 unspecified atom stereocenters. The maximum Gasteiger partial charge on any atom is 0.329 e. The fourth-order valence-corrected chi connectivity index (χ4v) is 2.10. The zero-order valence-corrected chi connectivity index (χ0v) is 13.4. The lowest BCUT2D eigenvalue weighted by Crippen LogP contribution is -2.52. The number of amides is 1. The van der Waals surface area contributed by atoms with E-state index in [1.807, 2.05) is 19.1 Å². The maximum absolute atomic E-state index is 12.2. The van der Waals surface area contributed by atoms with E-state index < -0.39 is 11.5 Å². The SMILES string of the molecule is CCN(C(=O)C=Cc1ccc(C)c(Cl)c1)C(C)(C)C(=O)O. The molecule has 1 amide bonds. The van der Waals surface area contributed by atoms with Crippen LogP contribution in [0, 0.1) is 6.92 Å². The molecule has 1 rings (SSSR count). The first-order valence-electron chi connectivity index (χ1n) is 6.69. The summed E-state index contributed by atoms with van der Waals surface area (Å²) >= 11 is 6.03. The molecule has 0 saturated heterocycles. The van der Waals surface area contributed by atoms with Crippen LogP contribution in [0.1, 0.15) is 31.9 Å². The van der Waals surface area contributed by atoms with Crippen LogP contribution in [-0.2, 0) is 9.59 Å². The Kier molecular flexibility index (Phi) is 5.55. The van der Waals surface area contributed by atoms with E-state index >= 15 is 0 Å². The van der Waals surface area contributed by atoms with Gasteiger partial charge in [0.15, 0.2) is 0 Å². The minimum absolute atomic E-state index is 0.317. The molecule has 0 fully saturated rings. The van der Waals surface area contributed by atoms with Crippen molar-refractivity contribution in [1.82, 2.24) is 4.90 Å². The number of carboxylic acid groups (broad SMARTS) is 1. The van der Waals surface area contributed by atoms with Crippen molar-refractivity contribution in [1.29, 1.82) is 0 Å². The van der Waals surface area contributed by atoms with Gasteiger partial charge in [0.25, 0.3) is 0 Å². The quantitative estimate of drug-likeness (QED) is 0.848. The van der Waals surface area contributed by atoms with Crippen LogP contribution in [-0.4, -0.2) is 34.0 Å². The summed E-state index contributed by atoms with van der Waals surface area (Å²) < 4.78 is 0. The van der Waals surface area contributed by atoms with E-state index in [-0.39, 0.29) is 5.91 Å². The van der Waals surface area contributed by atoms with E-state index in [1.54, 1.807) is 19.1 Å². The number of aryl methyl sites for hydroxylation is 1. The Morgan fingerprint density at radius 2 is 2.00 bits per heavy atom. The van der Waals surface area contributed by atoms with Crippen molar-refractivity contribution in [2.75, 3.05) is 6.54 Å². The van der Waals surface area contributed by atoms with Gasteiger partial charge in [-0.1, -0.05) is 23.7 Å². The van der Waals surface area contributed by atoms with Crippen LogP contribution in [0.3, 0.4) is 0 Å². The first kappa shape index (κ1) is 17.2. The number of carbonyl (C=O) groups is 2. The standard InChI is InChI=1S/C16H20ClNO3/c1-5-18(16(3,4)15(20)21)14(19)9-8-12-7-6-11(2)13(17)10-12/h6-10H,5H2,1-4H3,(H,20,21). The van der Waals surface area contributed by atoms with Crippen LogP contribution in [0.25, 0.3) is 6.08 Å².